The van der Waals surface area contributed by atoms with Crippen LogP contribution in [-0.2, 0) is 6.54 Å². The van der Waals surface area contributed by atoms with E-state index < -0.39 is 5.97 Å². The predicted octanol–water partition coefficient (Wildman–Crippen LogP) is 2.53. The van der Waals surface area contributed by atoms with Gasteiger partial charge in [-0.25, -0.2) is 9.78 Å². The number of hydrogen-bond donors (Lipinski definition) is 1. The van der Waals surface area contributed by atoms with Crippen LogP contribution in [0.15, 0.2) is 18.2 Å². The Kier molecular flexibility index (Phi) is 3.68. The number of fused-ring (bicyclic) bond motifs is 1. The third-order valence-electron chi connectivity index (χ3n) is 4.27. The Morgan fingerprint density at radius 1 is 1.48 bits per heavy atom. The summed E-state index contributed by atoms with van der Waals surface area (Å²) in [6, 6.07) is 6.01. The zero-order chi connectivity index (χ0) is 15.0. The van der Waals surface area contributed by atoms with Crippen LogP contribution in [0.2, 0.25) is 0 Å². The highest BCUT2D eigenvalue weighted by Crippen LogP contribution is 2.27. The molecule has 0 bridgehead atoms. The second-order valence-corrected chi connectivity index (χ2v) is 5.65. The first-order chi connectivity index (χ1) is 10.1. The van der Waals surface area contributed by atoms with Gasteiger partial charge in [0.25, 0.3) is 0 Å². The highest BCUT2D eigenvalue weighted by molar-refractivity contribution is 6.01. The maximum atomic E-state index is 11.4. The van der Waals surface area contributed by atoms with Crippen LogP contribution in [0.4, 0.5) is 0 Å². The Bertz CT molecular complexity index is 673. The van der Waals surface area contributed by atoms with E-state index in [-0.39, 0.29) is 0 Å². The number of nitrogens with zero attached hydrogens (tertiary/aromatic N) is 3. The Balaban J connectivity index is 1.93. The summed E-state index contributed by atoms with van der Waals surface area (Å²) in [5.74, 6) is -0.0122. The van der Waals surface area contributed by atoms with Gasteiger partial charge >= 0.3 is 5.97 Å². The number of carbonyl (C=O) groups is 1. The first-order valence-corrected chi connectivity index (χ1v) is 7.55. The van der Waals surface area contributed by atoms with Crippen LogP contribution in [0.1, 0.15) is 35.9 Å². The van der Waals surface area contributed by atoms with Crippen molar-refractivity contribution in [2.24, 2.45) is 0 Å². The van der Waals surface area contributed by atoms with Crippen molar-refractivity contribution in [3.05, 3.63) is 29.6 Å². The largest absolute Gasteiger partial charge is 0.478 e. The molecule has 1 aromatic carbocycles. The van der Waals surface area contributed by atoms with Crippen LogP contribution in [0.5, 0.6) is 0 Å². The van der Waals surface area contributed by atoms with Gasteiger partial charge in [0, 0.05) is 19.1 Å². The van der Waals surface area contributed by atoms with E-state index in [2.05, 4.69) is 16.8 Å². The van der Waals surface area contributed by atoms with Crippen molar-refractivity contribution < 1.29 is 9.90 Å². The zero-order valence-electron chi connectivity index (χ0n) is 12.5. The lowest BCUT2D eigenvalue weighted by Crippen LogP contribution is -2.29. The summed E-state index contributed by atoms with van der Waals surface area (Å²) in [6.45, 7) is 6.90. The molecule has 2 aromatic rings. The van der Waals surface area contributed by atoms with E-state index in [4.69, 9.17) is 0 Å². The summed E-state index contributed by atoms with van der Waals surface area (Å²) in [6.07, 6.45) is 2.58. The number of likely N-dealkylation sites (N-methyl/N-ethyl adjacent to an activating group) is 1. The average molecular weight is 287 g/mol. The van der Waals surface area contributed by atoms with Crippen molar-refractivity contribution in [1.29, 1.82) is 0 Å². The molecule has 3 rings (SSSR count). The zero-order valence-corrected chi connectivity index (χ0v) is 12.5. The van der Waals surface area contributed by atoms with E-state index >= 15 is 0 Å². The Hall–Kier alpha value is -1.88. The van der Waals surface area contributed by atoms with Crippen LogP contribution >= 0.6 is 0 Å². The summed E-state index contributed by atoms with van der Waals surface area (Å²) >= 11 is 0. The van der Waals surface area contributed by atoms with E-state index in [1.165, 1.54) is 12.8 Å². The molecule has 1 aliphatic rings. The van der Waals surface area contributed by atoms with Crippen molar-refractivity contribution in [2.45, 2.75) is 39.3 Å². The maximum absolute atomic E-state index is 11.4. The topological polar surface area (TPSA) is 58.4 Å². The lowest BCUT2D eigenvalue weighted by Gasteiger charge is -2.20. The van der Waals surface area contributed by atoms with Crippen molar-refractivity contribution >= 4 is 17.0 Å². The van der Waals surface area contributed by atoms with Crippen LogP contribution in [-0.4, -0.2) is 44.7 Å². The highest BCUT2D eigenvalue weighted by Gasteiger charge is 2.27. The van der Waals surface area contributed by atoms with Gasteiger partial charge in [0.1, 0.15) is 5.82 Å². The third kappa shape index (κ3) is 2.65. The van der Waals surface area contributed by atoms with Gasteiger partial charge < -0.3 is 9.67 Å². The average Bonchev–Trinajstić information content (AvgIpc) is 3.23. The molecule has 0 atom stereocenters. The molecular weight excluding hydrogens is 266 g/mol. The number of aromatic carboxylic acids is 1. The van der Waals surface area contributed by atoms with Crippen molar-refractivity contribution in [1.82, 2.24) is 14.5 Å². The Morgan fingerprint density at radius 2 is 2.24 bits per heavy atom. The van der Waals surface area contributed by atoms with Gasteiger partial charge in [-0.3, -0.25) is 4.90 Å². The number of carboxylic acid groups (broad SMARTS) is 1. The molecule has 1 aliphatic carbocycles. The second-order valence-electron chi connectivity index (χ2n) is 5.65. The fraction of sp³-hybridized carbons (Fsp3) is 0.500. The minimum absolute atomic E-state index is 0.336. The van der Waals surface area contributed by atoms with Crippen LogP contribution in [0.25, 0.3) is 11.0 Å². The summed E-state index contributed by atoms with van der Waals surface area (Å²) in [5.41, 5.74) is 1.85. The van der Waals surface area contributed by atoms with E-state index in [0.717, 1.165) is 42.5 Å². The molecule has 112 valence electrons. The molecule has 1 aromatic heterocycles. The molecule has 21 heavy (non-hydrogen) atoms. The summed E-state index contributed by atoms with van der Waals surface area (Å²) < 4.78 is 2.05. The van der Waals surface area contributed by atoms with Gasteiger partial charge in [0.15, 0.2) is 0 Å². The molecule has 5 heteroatoms. The molecule has 0 saturated heterocycles. The van der Waals surface area contributed by atoms with Crippen LogP contribution in [0.3, 0.4) is 0 Å². The number of aryl methyl sites for hydroxylation is 1. The van der Waals surface area contributed by atoms with Crippen LogP contribution < -0.4 is 0 Å². The first kappa shape index (κ1) is 14.1. The number of rotatable bonds is 6. The number of carboxylic acids is 1. The molecule has 1 heterocycles. The minimum atomic E-state index is -0.892. The van der Waals surface area contributed by atoms with Gasteiger partial charge in [0.05, 0.1) is 16.6 Å². The molecule has 0 unspecified atom stereocenters. The van der Waals surface area contributed by atoms with Gasteiger partial charge in [-0.2, -0.15) is 0 Å². The SMILES string of the molecule is CCN(CCn1c(C)nc2cccc(C(=O)O)c21)C1CC1. The lowest BCUT2D eigenvalue weighted by molar-refractivity contribution is 0.0698. The molecule has 0 radical (unpaired) electrons. The molecule has 1 N–H and O–H groups in total. The summed E-state index contributed by atoms with van der Waals surface area (Å²) in [5, 5.41) is 9.39. The smallest absolute Gasteiger partial charge is 0.337 e. The molecule has 5 nitrogen and oxygen atoms in total. The quantitative estimate of drug-likeness (QED) is 0.887. The first-order valence-electron chi connectivity index (χ1n) is 7.55. The highest BCUT2D eigenvalue weighted by atomic mass is 16.4. The lowest BCUT2D eigenvalue weighted by atomic mass is 10.2. The minimum Gasteiger partial charge on any atom is -0.478 e. The number of hydrogen-bond acceptors (Lipinski definition) is 3. The number of benzene rings is 1. The summed E-state index contributed by atoms with van der Waals surface area (Å²) in [4.78, 5) is 18.4. The molecule has 0 spiro atoms. The monoisotopic (exact) mass is 287 g/mol. The van der Waals surface area contributed by atoms with Gasteiger partial charge in [-0.15, -0.1) is 0 Å². The van der Waals surface area contributed by atoms with Gasteiger partial charge in [0.2, 0.25) is 0 Å². The third-order valence-corrected chi connectivity index (χ3v) is 4.27. The van der Waals surface area contributed by atoms with E-state index in [9.17, 15) is 9.90 Å². The second kappa shape index (κ2) is 5.48. The van der Waals surface area contributed by atoms with E-state index in [0.29, 0.717) is 5.56 Å². The fourth-order valence-corrected chi connectivity index (χ4v) is 3.01. The molecule has 1 saturated carbocycles. The van der Waals surface area contributed by atoms with E-state index in [1.807, 2.05) is 17.6 Å². The number of imidazole rings is 1. The van der Waals surface area contributed by atoms with Crippen LogP contribution in [0, 0.1) is 6.92 Å². The molecule has 0 amide bonds. The van der Waals surface area contributed by atoms with Crippen molar-refractivity contribution in [3.8, 4) is 0 Å². The fourth-order valence-electron chi connectivity index (χ4n) is 3.01. The predicted molar refractivity (Wildman–Crippen MR) is 81.7 cm³/mol. The summed E-state index contributed by atoms with van der Waals surface area (Å²) in [7, 11) is 0. The normalized spacial score (nSPS) is 15.0. The van der Waals surface area contributed by atoms with Gasteiger partial charge in [-0.05, 0) is 38.4 Å². The standard InChI is InChI=1S/C16H21N3O2/c1-3-18(12-7-8-12)9-10-19-11(2)17-14-6-4-5-13(15(14)19)16(20)21/h4-6,12H,3,7-10H2,1-2H3,(H,20,21). The molecule has 1 fully saturated rings. The Morgan fingerprint density at radius 3 is 2.86 bits per heavy atom. The maximum Gasteiger partial charge on any atom is 0.337 e. The molecular formula is C16H21N3O2. The van der Waals surface area contributed by atoms with Crippen molar-refractivity contribution in [3.63, 3.8) is 0 Å². The number of para-hydroxylation sites is 1. The Labute approximate surface area is 124 Å². The van der Waals surface area contributed by atoms with E-state index in [1.54, 1.807) is 12.1 Å². The molecule has 0 aliphatic heterocycles. The van der Waals surface area contributed by atoms with Crippen molar-refractivity contribution in [2.75, 3.05) is 13.1 Å². The number of aromatic nitrogens is 2. The van der Waals surface area contributed by atoms with Gasteiger partial charge in [-0.1, -0.05) is 13.0 Å².